The second-order valence-corrected chi connectivity index (χ2v) is 5.60. The van der Waals surface area contributed by atoms with E-state index in [4.69, 9.17) is 5.73 Å². The van der Waals surface area contributed by atoms with Crippen molar-refractivity contribution >= 4 is 15.7 Å². The van der Waals surface area contributed by atoms with E-state index >= 15 is 0 Å². The van der Waals surface area contributed by atoms with Crippen LogP contribution in [0.3, 0.4) is 0 Å². The summed E-state index contributed by atoms with van der Waals surface area (Å²) in [6.45, 7) is 1.94. The molecule has 0 fully saturated rings. The Morgan fingerprint density at radius 1 is 1.67 bits per heavy atom. The molecule has 0 aromatic heterocycles. The lowest BCUT2D eigenvalue weighted by atomic mass is 10.1. The van der Waals surface area contributed by atoms with Crippen LogP contribution in [0.4, 0.5) is 0 Å². The molecule has 2 unspecified atom stereocenters. The van der Waals surface area contributed by atoms with Crippen molar-refractivity contribution in [3.8, 4) is 0 Å². The maximum atomic E-state index is 11.4. The van der Waals surface area contributed by atoms with Crippen LogP contribution >= 0.6 is 0 Å². The Kier molecular flexibility index (Phi) is 3.87. The summed E-state index contributed by atoms with van der Waals surface area (Å²) < 4.78 is 22.1. The lowest BCUT2D eigenvalue weighted by molar-refractivity contribution is -0.122. The third-order valence-corrected chi connectivity index (χ3v) is 3.59. The molecule has 1 amide bonds. The molecule has 0 spiro atoms. The van der Waals surface area contributed by atoms with E-state index in [2.05, 4.69) is 5.32 Å². The van der Waals surface area contributed by atoms with Gasteiger partial charge in [-0.3, -0.25) is 4.79 Å². The molecule has 86 valence electrons. The molecular weight excluding hydrogens is 216 g/mol. The van der Waals surface area contributed by atoms with Crippen molar-refractivity contribution in [3.63, 3.8) is 0 Å². The highest BCUT2D eigenvalue weighted by atomic mass is 32.2. The predicted molar refractivity (Wildman–Crippen MR) is 57.7 cm³/mol. The summed E-state index contributed by atoms with van der Waals surface area (Å²) in [4.78, 5) is 11.4. The first kappa shape index (κ1) is 12.2. The Labute approximate surface area is 89.6 Å². The van der Waals surface area contributed by atoms with Crippen molar-refractivity contribution in [3.05, 3.63) is 11.5 Å². The van der Waals surface area contributed by atoms with Gasteiger partial charge in [-0.25, -0.2) is 8.42 Å². The summed E-state index contributed by atoms with van der Waals surface area (Å²) in [5, 5.41) is 3.72. The second-order valence-electron chi connectivity index (χ2n) is 3.67. The van der Waals surface area contributed by atoms with Crippen LogP contribution in [0.5, 0.6) is 0 Å². The summed E-state index contributed by atoms with van der Waals surface area (Å²) in [6, 6.07) is -0.975. The predicted octanol–water partition coefficient (Wildman–Crippen LogP) is -0.459. The summed E-state index contributed by atoms with van der Waals surface area (Å²) in [5.41, 5.74) is 5.59. The van der Waals surface area contributed by atoms with Crippen LogP contribution < -0.4 is 11.1 Å². The number of carbonyl (C=O) groups is 1. The standard InChI is InChI=1S/C9H16N2O3S/c1-2-3-8(10)9(12)11-7-4-5-15(13,14)6-7/h4-5,7-8H,2-3,6,10H2,1H3,(H,11,12). The van der Waals surface area contributed by atoms with E-state index in [1.54, 1.807) is 0 Å². The number of rotatable bonds is 4. The van der Waals surface area contributed by atoms with Crippen LogP contribution in [0.25, 0.3) is 0 Å². The first-order chi connectivity index (χ1) is 6.94. The van der Waals surface area contributed by atoms with E-state index in [9.17, 15) is 13.2 Å². The molecular formula is C9H16N2O3S. The Bertz CT molecular complexity index is 362. The molecule has 1 rings (SSSR count). The average molecular weight is 232 g/mol. The topological polar surface area (TPSA) is 89.3 Å². The fourth-order valence-electron chi connectivity index (χ4n) is 1.40. The van der Waals surface area contributed by atoms with Gasteiger partial charge in [-0.05, 0) is 12.5 Å². The van der Waals surface area contributed by atoms with Crippen molar-refractivity contribution in [1.82, 2.24) is 5.32 Å². The number of nitrogens with one attached hydrogen (secondary N) is 1. The summed E-state index contributed by atoms with van der Waals surface area (Å²) in [5.74, 6) is -0.346. The van der Waals surface area contributed by atoms with Gasteiger partial charge in [0.15, 0.2) is 9.84 Å². The van der Waals surface area contributed by atoms with Gasteiger partial charge in [0.25, 0.3) is 0 Å². The van der Waals surface area contributed by atoms with Crippen LogP contribution in [-0.2, 0) is 14.6 Å². The van der Waals surface area contributed by atoms with E-state index in [1.807, 2.05) is 6.92 Å². The highest BCUT2D eigenvalue weighted by Gasteiger charge is 2.24. The van der Waals surface area contributed by atoms with E-state index in [0.717, 1.165) is 11.8 Å². The van der Waals surface area contributed by atoms with E-state index in [-0.39, 0.29) is 11.7 Å². The third-order valence-electron chi connectivity index (χ3n) is 2.19. The quantitative estimate of drug-likeness (QED) is 0.686. The van der Waals surface area contributed by atoms with Crippen LogP contribution in [0, 0.1) is 0 Å². The van der Waals surface area contributed by atoms with Crippen LogP contribution in [0.2, 0.25) is 0 Å². The van der Waals surface area contributed by atoms with Gasteiger partial charge in [0, 0.05) is 5.41 Å². The number of sulfone groups is 1. The highest BCUT2D eigenvalue weighted by Crippen LogP contribution is 2.08. The van der Waals surface area contributed by atoms with Crippen LogP contribution in [-0.4, -0.2) is 32.2 Å². The first-order valence-electron chi connectivity index (χ1n) is 4.91. The van der Waals surface area contributed by atoms with Gasteiger partial charge in [0.2, 0.25) is 5.91 Å². The van der Waals surface area contributed by atoms with Gasteiger partial charge in [0.05, 0.1) is 17.8 Å². The SMILES string of the molecule is CCCC(N)C(=O)NC1C=CS(=O)(=O)C1. The molecule has 2 atom stereocenters. The van der Waals surface area contributed by atoms with Gasteiger partial charge < -0.3 is 11.1 Å². The number of hydrogen-bond donors (Lipinski definition) is 2. The maximum Gasteiger partial charge on any atom is 0.237 e. The Balaban J connectivity index is 2.44. The normalized spacial score (nSPS) is 25.1. The second kappa shape index (κ2) is 4.76. The first-order valence-corrected chi connectivity index (χ1v) is 6.63. The molecule has 0 aromatic rings. The van der Waals surface area contributed by atoms with Crippen LogP contribution in [0.1, 0.15) is 19.8 Å². The largest absolute Gasteiger partial charge is 0.347 e. The molecule has 15 heavy (non-hydrogen) atoms. The minimum absolute atomic E-state index is 0.0580. The van der Waals surface area contributed by atoms with E-state index in [1.165, 1.54) is 6.08 Å². The van der Waals surface area contributed by atoms with Gasteiger partial charge >= 0.3 is 0 Å². The van der Waals surface area contributed by atoms with Crippen molar-refractivity contribution < 1.29 is 13.2 Å². The molecule has 1 aliphatic heterocycles. The van der Waals surface area contributed by atoms with Crippen molar-refractivity contribution in [2.24, 2.45) is 5.73 Å². The Morgan fingerprint density at radius 2 is 2.33 bits per heavy atom. The highest BCUT2D eigenvalue weighted by molar-refractivity contribution is 7.94. The Morgan fingerprint density at radius 3 is 2.80 bits per heavy atom. The molecule has 1 heterocycles. The van der Waals surface area contributed by atoms with Gasteiger partial charge in [-0.1, -0.05) is 13.3 Å². The molecule has 5 nitrogen and oxygen atoms in total. The zero-order chi connectivity index (χ0) is 11.5. The minimum Gasteiger partial charge on any atom is -0.347 e. The lowest BCUT2D eigenvalue weighted by Crippen LogP contribution is -2.45. The summed E-state index contributed by atoms with van der Waals surface area (Å²) in [7, 11) is -3.12. The molecule has 1 aliphatic rings. The molecule has 0 radical (unpaired) electrons. The molecule has 6 heteroatoms. The zero-order valence-electron chi connectivity index (χ0n) is 8.64. The summed E-state index contributed by atoms with van der Waals surface area (Å²) >= 11 is 0. The van der Waals surface area contributed by atoms with Crippen molar-refractivity contribution in [2.45, 2.75) is 31.8 Å². The molecule has 0 aliphatic carbocycles. The number of amides is 1. The molecule has 0 aromatic carbocycles. The fraction of sp³-hybridized carbons (Fsp3) is 0.667. The monoisotopic (exact) mass is 232 g/mol. The lowest BCUT2D eigenvalue weighted by Gasteiger charge is -2.14. The number of nitrogens with two attached hydrogens (primary N) is 1. The Hall–Kier alpha value is -0.880. The molecule has 0 saturated carbocycles. The average Bonchev–Trinajstić information content (AvgIpc) is 2.46. The number of hydrogen-bond acceptors (Lipinski definition) is 4. The van der Waals surface area contributed by atoms with E-state index in [0.29, 0.717) is 6.42 Å². The minimum atomic E-state index is -3.12. The van der Waals surface area contributed by atoms with Gasteiger partial charge in [-0.2, -0.15) is 0 Å². The van der Waals surface area contributed by atoms with Gasteiger partial charge in [0.1, 0.15) is 0 Å². The molecule has 3 N–H and O–H groups in total. The van der Waals surface area contributed by atoms with E-state index < -0.39 is 21.9 Å². The smallest absolute Gasteiger partial charge is 0.237 e. The number of carbonyl (C=O) groups excluding carboxylic acids is 1. The molecule has 0 bridgehead atoms. The van der Waals surface area contributed by atoms with Crippen LogP contribution in [0.15, 0.2) is 11.5 Å². The fourth-order valence-corrected chi connectivity index (χ4v) is 2.63. The van der Waals surface area contributed by atoms with Gasteiger partial charge in [-0.15, -0.1) is 0 Å². The van der Waals surface area contributed by atoms with Crippen molar-refractivity contribution in [1.29, 1.82) is 0 Å². The summed E-state index contributed by atoms with van der Waals surface area (Å²) in [6.07, 6.45) is 2.91. The third kappa shape index (κ3) is 3.64. The maximum absolute atomic E-state index is 11.4. The molecule has 0 saturated heterocycles. The van der Waals surface area contributed by atoms with Crippen molar-refractivity contribution in [2.75, 3.05) is 5.75 Å². The zero-order valence-corrected chi connectivity index (χ0v) is 9.46.